The van der Waals surface area contributed by atoms with E-state index in [9.17, 15) is 29.7 Å². The number of hydrogen-bond acceptors (Lipinski definition) is 3. The minimum absolute atomic E-state index is 0.0912. The van der Waals surface area contributed by atoms with Gasteiger partial charge in [-0.3, -0.25) is 14.4 Å². The van der Waals surface area contributed by atoms with Gasteiger partial charge >= 0.3 is 17.9 Å². The summed E-state index contributed by atoms with van der Waals surface area (Å²) in [6.07, 6.45) is 2.53. The Balaban J connectivity index is 2.56. The SMILES string of the molecule is CCCC(CC1(C(=O)O)CCCCC1(Cc1ccccc1)C(=O)O)C(=O)O. The maximum atomic E-state index is 12.5. The molecule has 3 N–H and O–H groups in total. The lowest BCUT2D eigenvalue weighted by Gasteiger charge is -2.49. The lowest BCUT2D eigenvalue weighted by Crippen LogP contribution is -2.57. The third kappa shape index (κ3) is 3.99. The van der Waals surface area contributed by atoms with Gasteiger partial charge in [-0.1, -0.05) is 56.5 Å². The molecular weight excluding hydrogens is 348 g/mol. The lowest BCUT2D eigenvalue weighted by molar-refractivity contribution is -0.183. The van der Waals surface area contributed by atoms with Crippen molar-refractivity contribution in [3.05, 3.63) is 35.9 Å². The topological polar surface area (TPSA) is 112 Å². The van der Waals surface area contributed by atoms with Crippen LogP contribution in [-0.2, 0) is 20.8 Å². The zero-order valence-corrected chi connectivity index (χ0v) is 15.7. The fraction of sp³-hybridized carbons (Fsp3) is 0.571. The van der Waals surface area contributed by atoms with Gasteiger partial charge in [-0.25, -0.2) is 0 Å². The lowest BCUT2D eigenvalue weighted by atomic mass is 9.51. The molecule has 3 unspecified atom stereocenters. The van der Waals surface area contributed by atoms with Crippen LogP contribution in [0.1, 0.15) is 57.4 Å². The van der Waals surface area contributed by atoms with Crippen molar-refractivity contribution in [2.75, 3.05) is 0 Å². The fourth-order valence-corrected chi connectivity index (χ4v) is 4.70. The predicted octanol–water partition coefficient (Wildman–Crippen LogP) is 3.84. The van der Waals surface area contributed by atoms with Crippen LogP contribution in [-0.4, -0.2) is 33.2 Å². The van der Waals surface area contributed by atoms with Crippen LogP contribution in [0.3, 0.4) is 0 Å². The van der Waals surface area contributed by atoms with Crippen molar-refractivity contribution >= 4 is 17.9 Å². The van der Waals surface area contributed by atoms with Crippen LogP contribution in [0.5, 0.6) is 0 Å². The van der Waals surface area contributed by atoms with Crippen LogP contribution >= 0.6 is 0 Å². The van der Waals surface area contributed by atoms with Gasteiger partial charge in [-0.05, 0) is 37.7 Å². The largest absolute Gasteiger partial charge is 0.481 e. The van der Waals surface area contributed by atoms with E-state index in [-0.39, 0.29) is 25.7 Å². The van der Waals surface area contributed by atoms with Crippen molar-refractivity contribution in [3.63, 3.8) is 0 Å². The second kappa shape index (κ2) is 8.55. The third-order valence-corrected chi connectivity index (χ3v) is 6.12. The summed E-state index contributed by atoms with van der Waals surface area (Å²) in [4.78, 5) is 36.7. The van der Waals surface area contributed by atoms with Gasteiger partial charge in [-0.2, -0.15) is 0 Å². The first kappa shape index (κ1) is 20.9. The van der Waals surface area contributed by atoms with Gasteiger partial charge in [0.05, 0.1) is 16.7 Å². The molecule has 0 radical (unpaired) electrons. The minimum Gasteiger partial charge on any atom is -0.481 e. The highest BCUT2D eigenvalue weighted by molar-refractivity contribution is 5.88. The molecule has 1 aliphatic rings. The van der Waals surface area contributed by atoms with Gasteiger partial charge in [0.1, 0.15) is 0 Å². The first-order valence-electron chi connectivity index (χ1n) is 9.52. The van der Waals surface area contributed by atoms with Crippen LogP contribution < -0.4 is 0 Å². The summed E-state index contributed by atoms with van der Waals surface area (Å²) in [5.41, 5.74) is -2.35. The van der Waals surface area contributed by atoms with E-state index < -0.39 is 34.7 Å². The Hall–Kier alpha value is -2.37. The molecule has 0 heterocycles. The van der Waals surface area contributed by atoms with E-state index in [2.05, 4.69) is 0 Å². The summed E-state index contributed by atoms with van der Waals surface area (Å²) in [6.45, 7) is 1.85. The van der Waals surface area contributed by atoms with Crippen molar-refractivity contribution in [1.29, 1.82) is 0 Å². The second-order valence-corrected chi connectivity index (χ2v) is 7.67. The third-order valence-electron chi connectivity index (χ3n) is 6.12. The average Bonchev–Trinajstić information content (AvgIpc) is 2.63. The summed E-state index contributed by atoms with van der Waals surface area (Å²) < 4.78 is 0. The highest BCUT2D eigenvalue weighted by Crippen LogP contribution is 2.56. The molecule has 0 spiro atoms. The van der Waals surface area contributed by atoms with Gasteiger partial charge in [0.15, 0.2) is 0 Å². The van der Waals surface area contributed by atoms with Crippen molar-refractivity contribution in [2.24, 2.45) is 16.7 Å². The molecule has 1 aromatic rings. The van der Waals surface area contributed by atoms with E-state index in [0.29, 0.717) is 25.7 Å². The zero-order valence-electron chi connectivity index (χ0n) is 15.7. The average molecular weight is 376 g/mol. The Morgan fingerprint density at radius 2 is 1.52 bits per heavy atom. The molecule has 27 heavy (non-hydrogen) atoms. The van der Waals surface area contributed by atoms with Crippen molar-refractivity contribution in [3.8, 4) is 0 Å². The van der Waals surface area contributed by atoms with Crippen LogP contribution in [0.25, 0.3) is 0 Å². The molecule has 0 bridgehead atoms. The molecule has 0 aromatic heterocycles. The first-order valence-corrected chi connectivity index (χ1v) is 9.52. The molecule has 0 amide bonds. The molecule has 3 atom stereocenters. The molecule has 1 fully saturated rings. The Bertz CT molecular complexity index is 685. The molecule has 148 valence electrons. The quantitative estimate of drug-likeness (QED) is 0.604. The van der Waals surface area contributed by atoms with Crippen LogP contribution in [0.2, 0.25) is 0 Å². The second-order valence-electron chi connectivity index (χ2n) is 7.67. The van der Waals surface area contributed by atoms with E-state index >= 15 is 0 Å². The van der Waals surface area contributed by atoms with Gasteiger partial charge in [0, 0.05) is 0 Å². The summed E-state index contributed by atoms with van der Waals surface area (Å²) in [5.74, 6) is -4.25. The molecule has 6 nitrogen and oxygen atoms in total. The van der Waals surface area contributed by atoms with E-state index in [1.807, 2.05) is 13.0 Å². The highest BCUT2D eigenvalue weighted by Gasteiger charge is 2.62. The van der Waals surface area contributed by atoms with Crippen molar-refractivity contribution < 1.29 is 29.7 Å². The Labute approximate surface area is 159 Å². The minimum atomic E-state index is -1.59. The number of carbonyl (C=O) groups is 3. The number of aliphatic carboxylic acids is 3. The number of benzene rings is 1. The Kier molecular flexibility index (Phi) is 6.63. The normalized spacial score (nSPS) is 26.3. The summed E-state index contributed by atoms with van der Waals surface area (Å²) in [5, 5.41) is 30.0. The highest BCUT2D eigenvalue weighted by atomic mass is 16.4. The molecule has 6 heteroatoms. The number of carboxylic acid groups (broad SMARTS) is 3. The number of carboxylic acids is 3. The molecule has 1 saturated carbocycles. The monoisotopic (exact) mass is 376 g/mol. The smallest absolute Gasteiger partial charge is 0.311 e. The van der Waals surface area contributed by atoms with E-state index in [4.69, 9.17) is 0 Å². The van der Waals surface area contributed by atoms with Crippen molar-refractivity contribution in [1.82, 2.24) is 0 Å². The molecule has 1 aliphatic carbocycles. The van der Waals surface area contributed by atoms with Gasteiger partial charge < -0.3 is 15.3 Å². The zero-order chi connectivity index (χ0) is 20.1. The first-order chi connectivity index (χ1) is 12.8. The Morgan fingerprint density at radius 3 is 2.00 bits per heavy atom. The van der Waals surface area contributed by atoms with Crippen LogP contribution in [0, 0.1) is 16.7 Å². The van der Waals surface area contributed by atoms with Crippen LogP contribution in [0.15, 0.2) is 30.3 Å². The van der Waals surface area contributed by atoms with Crippen molar-refractivity contribution in [2.45, 2.75) is 58.3 Å². The standard InChI is InChI=1S/C21H28O6/c1-2-8-16(17(22)23)14-21(19(26)27)12-7-6-11-20(21,18(24)25)13-15-9-4-3-5-10-15/h3-5,9-10,16H,2,6-8,11-14H2,1H3,(H,22,23)(H,24,25)(H,26,27). The number of rotatable bonds is 9. The summed E-state index contributed by atoms with van der Waals surface area (Å²) in [7, 11) is 0. The molecule has 0 aliphatic heterocycles. The van der Waals surface area contributed by atoms with E-state index in [1.54, 1.807) is 24.3 Å². The van der Waals surface area contributed by atoms with Gasteiger partial charge in [0.2, 0.25) is 0 Å². The van der Waals surface area contributed by atoms with E-state index in [1.165, 1.54) is 0 Å². The maximum Gasteiger partial charge on any atom is 0.311 e. The van der Waals surface area contributed by atoms with Gasteiger partial charge in [0.25, 0.3) is 0 Å². The summed E-state index contributed by atoms with van der Waals surface area (Å²) in [6, 6.07) is 9.02. The maximum absolute atomic E-state index is 12.5. The Morgan fingerprint density at radius 1 is 0.963 bits per heavy atom. The molecule has 2 rings (SSSR count). The fourth-order valence-electron chi connectivity index (χ4n) is 4.70. The van der Waals surface area contributed by atoms with E-state index in [0.717, 1.165) is 5.56 Å². The van der Waals surface area contributed by atoms with Gasteiger partial charge in [-0.15, -0.1) is 0 Å². The molecular formula is C21H28O6. The molecule has 0 saturated heterocycles. The predicted molar refractivity (Wildman–Crippen MR) is 99.4 cm³/mol. The molecule has 1 aromatic carbocycles. The summed E-state index contributed by atoms with van der Waals surface area (Å²) >= 11 is 0. The van der Waals surface area contributed by atoms with Crippen LogP contribution in [0.4, 0.5) is 0 Å². The number of hydrogen-bond donors (Lipinski definition) is 3.